The molecule has 0 fully saturated rings. The van der Waals surface area contributed by atoms with Gasteiger partial charge in [-0.2, -0.15) is 0 Å². The van der Waals surface area contributed by atoms with Gasteiger partial charge in [-0.05, 0) is 38.0 Å². The second-order valence-electron chi connectivity index (χ2n) is 5.16. The third-order valence-corrected chi connectivity index (χ3v) is 5.26. The monoisotopic (exact) mass is 379 g/mol. The van der Waals surface area contributed by atoms with Gasteiger partial charge in [0, 0.05) is 12.2 Å². The van der Waals surface area contributed by atoms with E-state index in [9.17, 15) is 9.59 Å². The topological polar surface area (TPSA) is 96.0 Å². The van der Waals surface area contributed by atoms with Gasteiger partial charge in [-0.1, -0.05) is 42.2 Å². The fourth-order valence-corrected chi connectivity index (χ4v) is 3.79. The second-order valence-corrected chi connectivity index (χ2v) is 7.72. The maximum atomic E-state index is 11.9. The summed E-state index contributed by atoms with van der Waals surface area (Å²) in [5, 5.41) is 16.4. The smallest absolute Gasteiger partial charge is 0.321 e. The number of urea groups is 1. The molecule has 1 aromatic carbocycles. The van der Waals surface area contributed by atoms with Gasteiger partial charge < -0.3 is 10.6 Å². The van der Waals surface area contributed by atoms with Crippen LogP contribution in [0.2, 0.25) is 0 Å². The predicted molar refractivity (Wildman–Crippen MR) is 102 cm³/mol. The Balaban J connectivity index is 1.89. The number of rotatable bonds is 7. The highest BCUT2D eigenvalue weighted by atomic mass is 32.2. The Kier molecular flexibility index (Phi) is 7.20. The van der Waals surface area contributed by atoms with Crippen molar-refractivity contribution in [3.05, 3.63) is 29.8 Å². The molecule has 0 saturated carbocycles. The van der Waals surface area contributed by atoms with Crippen LogP contribution in [-0.4, -0.2) is 33.9 Å². The number of carbonyl (C=O) groups is 2. The van der Waals surface area contributed by atoms with Gasteiger partial charge in [0.05, 0.1) is 5.25 Å². The lowest BCUT2D eigenvalue weighted by Gasteiger charge is -2.09. The van der Waals surface area contributed by atoms with Gasteiger partial charge in [0.15, 0.2) is 4.34 Å². The number of nitrogens with zero attached hydrogens (tertiary/aromatic N) is 2. The number of hydrogen-bond donors (Lipinski definition) is 3. The number of imide groups is 1. The van der Waals surface area contributed by atoms with Crippen LogP contribution in [-0.2, 0) is 11.2 Å². The zero-order chi connectivity index (χ0) is 18.2. The minimum absolute atomic E-state index is 0.365. The molecule has 1 heterocycles. The number of hydrogen-bond acceptors (Lipinski definition) is 7. The molecule has 0 aliphatic heterocycles. The molecule has 0 spiro atoms. The lowest BCUT2D eigenvalue weighted by Crippen LogP contribution is -2.42. The highest BCUT2D eigenvalue weighted by Gasteiger charge is 2.19. The van der Waals surface area contributed by atoms with Crippen molar-refractivity contribution in [2.75, 3.05) is 11.9 Å². The zero-order valence-corrected chi connectivity index (χ0v) is 16.0. The molecule has 0 unspecified atom stereocenters. The van der Waals surface area contributed by atoms with Crippen LogP contribution in [0.5, 0.6) is 0 Å². The average Bonchev–Trinajstić information content (AvgIpc) is 3.02. The van der Waals surface area contributed by atoms with E-state index in [2.05, 4.69) is 45.2 Å². The van der Waals surface area contributed by atoms with E-state index in [0.29, 0.717) is 16.0 Å². The molecule has 134 valence electrons. The number of nitrogens with one attached hydrogen (secondary N) is 3. The van der Waals surface area contributed by atoms with Crippen LogP contribution in [0.1, 0.15) is 26.3 Å². The third-order valence-electron chi connectivity index (χ3n) is 3.24. The maximum absolute atomic E-state index is 11.9. The van der Waals surface area contributed by atoms with E-state index in [-0.39, 0.29) is 5.91 Å². The molecule has 3 N–H and O–H groups in total. The van der Waals surface area contributed by atoms with E-state index < -0.39 is 11.3 Å². The number of thioether (sulfide) groups is 1. The van der Waals surface area contributed by atoms with Crippen LogP contribution in [0.15, 0.2) is 28.6 Å². The quantitative estimate of drug-likeness (QED) is 0.640. The van der Waals surface area contributed by atoms with Gasteiger partial charge in [-0.25, -0.2) is 4.79 Å². The minimum Gasteiger partial charge on any atom is -0.338 e. The molecule has 0 aliphatic carbocycles. The van der Waals surface area contributed by atoms with Crippen molar-refractivity contribution < 1.29 is 9.59 Å². The van der Waals surface area contributed by atoms with Gasteiger partial charge in [0.25, 0.3) is 0 Å². The summed E-state index contributed by atoms with van der Waals surface area (Å²) in [6, 6.07) is 7.62. The summed E-state index contributed by atoms with van der Waals surface area (Å²) in [5.41, 5.74) is 2.21. The molecule has 3 amide bonds. The van der Waals surface area contributed by atoms with Gasteiger partial charge in [0.2, 0.25) is 11.0 Å². The van der Waals surface area contributed by atoms with Crippen molar-refractivity contribution in [3.63, 3.8) is 0 Å². The molecular formula is C16H21N5O2S2. The standard InChI is InChI=1S/C16H21N5O2S2/c1-4-11-6-8-12(9-7-11)18-15-20-21-16(25-15)24-10(3)13(22)19-14(23)17-5-2/h6-10H,4-5H2,1-3H3,(H,18,20)(H2,17,19,22,23)/t10-/m1/s1. The fraction of sp³-hybridized carbons (Fsp3) is 0.375. The van der Waals surface area contributed by atoms with Crippen molar-refractivity contribution in [3.8, 4) is 0 Å². The Bertz CT molecular complexity index is 718. The van der Waals surface area contributed by atoms with E-state index in [1.54, 1.807) is 13.8 Å². The Hall–Kier alpha value is -2.13. The Morgan fingerprint density at radius 3 is 2.56 bits per heavy atom. The number of carbonyl (C=O) groups excluding carboxylic acids is 2. The van der Waals surface area contributed by atoms with Crippen molar-refractivity contribution >= 4 is 45.9 Å². The highest BCUT2D eigenvalue weighted by Crippen LogP contribution is 2.30. The first-order valence-corrected chi connectivity index (χ1v) is 9.66. The number of benzene rings is 1. The van der Waals surface area contributed by atoms with Crippen molar-refractivity contribution in [1.82, 2.24) is 20.8 Å². The number of aromatic nitrogens is 2. The van der Waals surface area contributed by atoms with Crippen LogP contribution in [0.25, 0.3) is 0 Å². The predicted octanol–water partition coefficient (Wildman–Crippen LogP) is 3.17. The van der Waals surface area contributed by atoms with Gasteiger partial charge in [0.1, 0.15) is 0 Å². The molecule has 1 atom stereocenters. The summed E-state index contributed by atoms with van der Waals surface area (Å²) in [6.07, 6.45) is 0.996. The first-order valence-electron chi connectivity index (χ1n) is 7.96. The maximum Gasteiger partial charge on any atom is 0.321 e. The van der Waals surface area contributed by atoms with E-state index in [1.807, 2.05) is 12.1 Å². The molecule has 9 heteroatoms. The number of amides is 3. The Labute approximate surface area is 155 Å². The van der Waals surface area contributed by atoms with E-state index in [1.165, 1.54) is 28.7 Å². The summed E-state index contributed by atoms with van der Waals surface area (Å²) in [5.74, 6) is -0.365. The normalized spacial score (nSPS) is 11.6. The molecule has 25 heavy (non-hydrogen) atoms. The zero-order valence-electron chi connectivity index (χ0n) is 14.3. The summed E-state index contributed by atoms with van der Waals surface area (Å²) >= 11 is 2.62. The molecule has 1 aromatic heterocycles. The molecule has 0 saturated heterocycles. The van der Waals surface area contributed by atoms with Crippen molar-refractivity contribution in [2.45, 2.75) is 36.8 Å². The van der Waals surface area contributed by atoms with Crippen LogP contribution in [0.4, 0.5) is 15.6 Å². The van der Waals surface area contributed by atoms with Crippen LogP contribution in [0, 0.1) is 0 Å². The minimum atomic E-state index is -0.491. The highest BCUT2D eigenvalue weighted by molar-refractivity contribution is 8.02. The first-order chi connectivity index (χ1) is 12.0. The van der Waals surface area contributed by atoms with Crippen LogP contribution < -0.4 is 16.0 Å². The molecular weight excluding hydrogens is 358 g/mol. The molecule has 7 nitrogen and oxygen atoms in total. The van der Waals surface area contributed by atoms with Crippen LogP contribution in [0.3, 0.4) is 0 Å². The summed E-state index contributed by atoms with van der Waals surface area (Å²) < 4.78 is 0.659. The molecule has 0 bridgehead atoms. The number of aryl methyl sites for hydroxylation is 1. The van der Waals surface area contributed by atoms with Crippen LogP contribution >= 0.6 is 23.1 Å². The molecule has 0 aliphatic rings. The summed E-state index contributed by atoms with van der Waals surface area (Å²) in [7, 11) is 0. The van der Waals surface area contributed by atoms with Gasteiger partial charge in [-0.15, -0.1) is 10.2 Å². The van der Waals surface area contributed by atoms with Gasteiger partial charge in [-0.3, -0.25) is 10.1 Å². The van der Waals surface area contributed by atoms with Crippen molar-refractivity contribution in [1.29, 1.82) is 0 Å². The summed E-state index contributed by atoms with van der Waals surface area (Å²) in [6.45, 7) is 6.08. The van der Waals surface area contributed by atoms with Crippen molar-refractivity contribution in [2.24, 2.45) is 0 Å². The molecule has 2 rings (SSSR count). The van der Waals surface area contributed by atoms with Gasteiger partial charge >= 0.3 is 6.03 Å². The van der Waals surface area contributed by atoms with E-state index >= 15 is 0 Å². The molecule has 2 aromatic rings. The summed E-state index contributed by atoms with van der Waals surface area (Å²) in [4.78, 5) is 23.3. The lowest BCUT2D eigenvalue weighted by atomic mass is 10.1. The SMILES string of the molecule is CCNC(=O)NC(=O)[C@@H](C)Sc1nnc(Nc2ccc(CC)cc2)s1. The molecule has 0 radical (unpaired) electrons. The third kappa shape index (κ3) is 6.02. The fourth-order valence-electron chi connectivity index (χ4n) is 1.88. The Morgan fingerprint density at radius 1 is 1.20 bits per heavy atom. The largest absolute Gasteiger partial charge is 0.338 e. The lowest BCUT2D eigenvalue weighted by molar-refractivity contribution is -0.119. The van der Waals surface area contributed by atoms with E-state index in [4.69, 9.17) is 0 Å². The Morgan fingerprint density at radius 2 is 1.92 bits per heavy atom. The first kappa shape index (κ1) is 19.2. The number of anilines is 2. The second kappa shape index (κ2) is 9.38. The van der Waals surface area contributed by atoms with E-state index in [0.717, 1.165) is 12.1 Å². The average molecular weight is 380 g/mol.